The number of carbonyl (C=O) groups is 2. The fourth-order valence-electron chi connectivity index (χ4n) is 2.78. The van der Waals surface area contributed by atoms with Crippen LogP contribution in [0.1, 0.15) is 39.0 Å². The molecule has 1 aromatic heterocycles. The van der Waals surface area contributed by atoms with Crippen LogP contribution in [0.4, 0.5) is 0 Å². The average Bonchev–Trinajstić information content (AvgIpc) is 2.99. The summed E-state index contributed by atoms with van der Waals surface area (Å²) in [7, 11) is 0. The van der Waals surface area contributed by atoms with Crippen molar-refractivity contribution in [3.05, 3.63) is 65.0 Å². The SMILES string of the molecule is CCn1c(C)nc2cc(C(=O)NNC(=O)c3cccc(C#N)c3)ccc21. The first-order valence-electron chi connectivity index (χ1n) is 8.11. The van der Waals surface area contributed by atoms with Crippen LogP contribution in [0.15, 0.2) is 42.5 Å². The van der Waals surface area contributed by atoms with Crippen molar-refractivity contribution in [2.24, 2.45) is 0 Å². The van der Waals surface area contributed by atoms with Crippen molar-refractivity contribution in [3.8, 4) is 6.07 Å². The predicted molar refractivity (Wildman–Crippen MR) is 96.2 cm³/mol. The number of fused-ring (bicyclic) bond motifs is 1. The molecule has 0 aliphatic rings. The van der Waals surface area contributed by atoms with E-state index in [9.17, 15) is 9.59 Å². The van der Waals surface area contributed by atoms with Crippen LogP contribution in [0.2, 0.25) is 0 Å². The van der Waals surface area contributed by atoms with Gasteiger partial charge in [0.25, 0.3) is 11.8 Å². The second-order valence-corrected chi connectivity index (χ2v) is 5.71. The van der Waals surface area contributed by atoms with Crippen LogP contribution >= 0.6 is 0 Å². The van der Waals surface area contributed by atoms with E-state index in [0.29, 0.717) is 11.1 Å². The van der Waals surface area contributed by atoms with E-state index < -0.39 is 11.8 Å². The molecule has 7 heteroatoms. The molecule has 0 aliphatic carbocycles. The van der Waals surface area contributed by atoms with Crippen molar-refractivity contribution < 1.29 is 9.59 Å². The van der Waals surface area contributed by atoms with Crippen molar-refractivity contribution >= 4 is 22.8 Å². The van der Waals surface area contributed by atoms with Crippen molar-refractivity contribution in [1.82, 2.24) is 20.4 Å². The van der Waals surface area contributed by atoms with E-state index in [1.165, 1.54) is 6.07 Å². The Hall–Kier alpha value is -3.66. The highest BCUT2D eigenvalue weighted by molar-refractivity contribution is 6.00. The fourth-order valence-corrected chi connectivity index (χ4v) is 2.78. The van der Waals surface area contributed by atoms with E-state index in [1.54, 1.807) is 30.3 Å². The maximum absolute atomic E-state index is 12.3. The number of hydrazine groups is 1. The number of imidazole rings is 1. The third-order valence-electron chi connectivity index (χ3n) is 4.06. The van der Waals surface area contributed by atoms with Crippen LogP contribution in [0.5, 0.6) is 0 Å². The second-order valence-electron chi connectivity index (χ2n) is 5.71. The Bertz CT molecular complexity index is 1050. The molecule has 26 heavy (non-hydrogen) atoms. The molecule has 1 heterocycles. The molecular weight excluding hydrogens is 330 g/mol. The van der Waals surface area contributed by atoms with Gasteiger partial charge in [-0.15, -0.1) is 0 Å². The molecule has 3 aromatic rings. The van der Waals surface area contributed by atoms with Gasteiger partial charge in [0.05, 0.1) is 22.7 Å². The van der Waals surface area contributed by atoms with Crippen LogP contribution in [0.25, 0.3) is 11.0 Å². The fraction of sp³-hybridized carbons (Fsp3) is 0.158. The van der Waals surface area contributed by atoms with Gasteiger partial charge >= 0.3 is 0 Å². The van der Waals surface area contributed by atoms with Crippen molar-refractivity contribution in [3.63, 3.8) is 0 Å². The molecule has 0 radical (unpaired) electrons. The summed E-state index contributed by atoms with van der Waals surface area (Å²) < 4.78 is 2.06. The number of hydrogen-bond acceptors (Lipinski definition) is 4. The monoisotopic (exact) mass is 347 g/mol. The maximum Gasteiger partial charge on any atom is 0.269 e. The Balaban J connectivity index is 1.73. The van der Waals surface area contributed by atoms with E-state index in [-0.39, 0.29) is 5.56 Å². The molecule has 0 unspecified atom stereocenters. The van der Waals surface area contributed by atoms with E-state index in [4.69, 9.17) is 5.26 Å². The lowest BCUT2D eigenvalue weighted by Crippen LogP contribution is -2.41. The zero-order chi connectivity index (χ0) is 18.7. The largest absolute Gasteiger partial charge is 0.329 e. The van der Waals surface area contributed by atoms with Gasteiger partial charge in [-0.2, -0.15) is 5.26 Å². The number of amides is 2. The first-order valence-corrected chi connectivity index (χ1v) is 8.11. The predicted octanol–water partition coefficient (Wildman–Crippen LogP) is 2.31. The van der Waals surface area contributed by atoms with Crippen molar-refractivity contribution in [1.29, 1.82) is 5.26 Å². The summed E-state index contributed by atoms with van der Waals surface area (Å²) in [6, 6.07) is 13.4. The summed E-state index contributed by atoms with van der Waals surface area (Å²) in [6.45, 7) is 4.75. The summed E-state index contributed by atoms with van der Waals surface area (Å²) in [5, 5.41) is 8.88. The number of rotatable bonds is 3. The third-order valence-corrected chi connectivity index (χ3v) is 4.06. The number of aryl methyl sites for hydroxylation is 2. The van der Waals surface area contributed by atoms with Gasteiger partial charge < -0.3 is 4.57 Å². The van der Waals surface area contributed by atoms with Crippen LogP contribution in [-0.2, 0) is 6.54 Å². The molecular formula is C19H17N5O2. The highest BCUT2D eigenvalue weighted by Gasteiger charge is 2.12. The molecule has 2 amide bonds. The van der Waals surface area contributed by atoms with E-state index >= 15 is 0 Å². The third kappa shape index (κ3) is 3.26. The molecule has 2 N–H and O–H groups in total. The van der Waals surface area contributed by atoms with Gasteiger partial charge in [0.15, 0.2) is 0 Å². The lowest BCUT2D eigenvalue weighted by molar-refractivity contribution is 0.0847. The number of nitriles is 1. The van der Waals surface area contributed by atoms with Crippen LogP contribution in [-0.4, -0.2) is 21.4 Å². The van der Waals surface area contributed by atoms with Crippen molar-refractivity contribution in [2.45, 2.75) is 20.4 Å². The molecule has 0 fully saturated rings. The van der Waals surface area contributed by atoms with E-state index in [0.717, 1.165) is 23.4 Å². The molecule has 0 atom stereocenters. The molecule has 2 aromatic carbocycles. The normalized spacial score (nSPS) is 10.3. The number of nitrogens with zero attached hydrogens (tertiary/aromatic N) is 3. The van der Waals surface area contributed by atoms with Gasteiger partial charge in [0.1, 0.15) is 5.82 Å². The molecule has 0 saturated carbocycles. The molecule has 0 saturated heterocycles. The summed E-state index contributed by atoms with van der Waals surface area (Å²) in [5.41, 5.74) is 7.47. The number of nitrogens with one attached hydrogen (secondary N) is 2. The zero-order valence-electron chi connectivity index (χ0n) is 14.4. The average molecular weight is 347 g/mol. The van der Waals surface area contributed by atoms with Gasteiger partial charge in [-0.25, -0.2) is 4.98 Å². The number of carbonyl (C=O) groups excluding carboxylic acids is 2. The lowest BCUT2D eigenvalue weighted by Gasteiger charge is -2.08. The summed E-state index contributed by atoms with van der Waals surface area (Å²) in [6.07, 6.45) is 0. The van der Waals surface area contributed by atoms with Gasteiger partial charge in [-0.05, 0) is 50.2 Å². The molecule has 0 aliphatic heterocycles. The maximum atomic E-state index is 12.3. The van der Waals surface area contributed by atoms with Crippen LogP contribution < -0.4 is 10.9 Å². The molecule has 0 bridgehead atoms. The Morgan fingerprint density at radius 2 is 1.81 bits per heavy atom. The smallest absolute Gasteiger partial charge is 0.269 e. The highest BCUT2D eigenvalue weighted by Crippen LogP contribution is 2.17. The number of aromatic nitrogens is 2. The molecule has 130 valence electrons. The first kappa shape index (κ1) is 17.2. The minimum absolute atomic E-state index is 0.289. The van der Waals surface area contributed by atoms with Gasteiger partial charge in [0, 0.05) is 17.7 Å². The van der Waals surface area contributed by atoms with E-state index in [2.05, 4.69) is 20.4 Å². The number of benzene rings is 2. The zero-order valence-corrected chi connectivity index (χ0v) is 14.4. The Labute approximate surface area is 150 Å². The minimum Gasteiger partial charge on any atom is -0.329 e. The van der Waals surface area contributed by atoms with Crippen LogP contribution in [0.3, 0.4) is 0 Å². The standard InChI is InChI=1S/C19H17N5O2/c1-3-24-12(2)21-16-10-15(7-8-17(16)24)19(26)23-22-18(25)14-6-4-5-13(9-14)11-20/h4-10H,3H2,1-2H3,(H,22,25)(H,23,26). The Kier molecular flexibility index (Phi) is 4.67. The molecule has 3 rings (SSSR count). The van der Waals surface area contributed by atoms with Crippen molar-refractivity contribution in [2.75, 3.05) is 0 Å². The number of hydrogen-bond donors (Lipinski definition) is 2. The lowest BCUT2D eigenvalue weighted by atomic mass is 10.1. The van der Waals surface area contributed by atoms with Crippen LogP contribution in [0, 0.1) is 18.3 Å². The van der Waals surface area contributed by atoms with E-state index in [1.807, 2.05) is 26.0 Å². The Morgan fingerprint density at radius 1 is 1.12 bits per heavy atom. The summed E-state index contributed by atoms with van der Waals surface area (Å²) in [5.74, 6) is -0.0613. The summed E-state index contributed by atoms with van der Waals surface area (Å²) >= 11 is 0. The Morgan fingerprint density at radius 3 is 2.46 bits per heavy atom. The molecule has 7 nitrogen and oxygen atoms in total. The molecule has 0 spiro atoms. The highest BCUT2D eigenvalue weighted by atomic mass is 16.2. The second kappa shape index (κ2) is 7.07. The quantitative estimate of drug-likeness (QED) is 0.710. The van der Waals surface area contributed by atoms with Gasteiger partial charge in [-0.1, -0.05) is 6.07 Å². The summed E-state index contributed by atoms with van der Waals surface area (Å²) in [4.78, 5) is 28.8. The topological polar surface area (TPSA) is 99.8 Å². The van der Waals surface area contributed by atoms with Gasteiger partial charge in [-0.3, -0.25) is 20.4 Å². The van der Waals surface area contributed by atoms with Gasteiger partial charge in [0.2, 0.25) is 0 Å². The first-order chi connectivity index (χ1) is 12.5. The minimum atomic E-state index is -0.498.